The van der Waals surface area contributed by atoms with Gasteiger partial charge in [0.25, 0.3) is 0 Å². The van der Waals surface area contributed by atoms with E-state index in [0.717, 1.165) is 0 Å². The van der Waals surface area contributed by atoms with Crippen LogP contribution in [0.2, 0.25) is 0 Å². The number of nitrogens with zero attached hydrogens (tertiary/aromatic N) is 1. The van der Waals surface area contributed by atoms with Gasteiger partial charge < -0.3 is 20.4 Å². The zero-order chi connectivity index (χ0) is 12.8. The Labute approximate surface area is 95.7 Å². The molecule has 0 atom stereocenters. The molecule has 7 heteroatoms. The number of nitrogens with one attached hydrogen (secondary N) is 2. The number of aliphatic hydroxyl groups is 4. The van der Waals surface area contributed by atoms with Gasteiger partial charge in [0.05, 0.1) is 13.3 Å². The van der Waals surface area contributed by atoms with Gasteiger partial charge in [0.2, 0.25) is 11.8 Å². The highest BCUT2D eigenvalue weighted by Gasteiger charge is 2.21. The van der Waals surface area contributed by atoms with Gasteiger partial charge in [0.15, 0.2) is 0 Å². The van der Waals surface area contributed by atoms with Crippen molar-refractivity contribution in [1.29, 1.82) is 0 Å². The van der Waals surface area contributed by atoms with Crippen LogP contribution in [-0.2, 0) is 0 Å². The van der Waals surface area contributed by atoms with Gasteiger partial charge in [-0.25, -0.2) is 0 Å². The van der Waals surface area contributed by atoms with Crippen molar-refractivity contribution < 1.29 is 20.4 Å². The highest BCUT2D eigenvalue weighted by Crippen LogP contribution is 2.00. The molecule has 0 amide bonds. The molecule has 0 radical (unpaired) electrons. The van der Waals surface area contributed by atoms with E-state index in [1.54, 1.807) is 25.8 Å². The molecule has 0 rings (SSSR count). The molecule has 0 aromatic heterocycles. The average molecular weight is 237 g/mol. The van der Waals surface area contributed by atoms with Crippen LogP contribution in [0.25, 0.3) is 0 Å². The summed E-state index contributed by atoms with van der Waals surface area (Å²) in [4.78, 5) is 1.63. The summed E-state index contributed by atoms with van der Waals surface area (Å²) in [7, 11) is 1.69. The average Bonchev–Trinajstić information content (AvgIpc) is 2.24. The minimum Gasteiger partial charge on any atom is -0.353 e. The maximum atomic E-state index is 9.24. The molecule has 0 spiro atoms. The summed E-state index contributed by atoms with van der Waals surface area (Å²) in [6, 6.07) is 0. The van der Waals surface area contributed by atoms with Crippen LogP contribution in [0.5, 0.6) is 0 Å². The molecule has 6 N–H and O–H groups in total. The Bertz CT molecular complexity index is 179. The van der Waals surface area contributed by atoms with Gasteiger partial charge in [-0.05, 0) is 7.05 Å². The molecule has 98 valence electrons. The first-order valence-electron chi connectivity index (χ1n) is 5.30. The normalized spacial score (nSPS) is 13.5. The Balaban J connectivity index is 3.79. The van der Waals surface area contributed by atoms with Crippen LogP contribution in [-0.4, -0.2) is 57.5 Å². The number of hydrogen-bond donors (Lipinski definition) is 6. The summed E-state index contributed by atoms with van der Waals surface area (Å²) in [5.74, 6) is -3.79. The van der Waals surface area contributed by atoms with Crippen LogP contribution in [0, 0.1) is 0 Å². The highest BCUT2D eigenvalue weighted by atomic mass is 16.5. The molecule has 0 aromatic rings. The Morgan fingerprint density at radius 3 is 1.44 bits per heavy atom. The van der Waals surface area contributed by atoms with Crippen molar-refractivity contribution in [2.45, 2.75) is 38.5 Å². The lowest BCUT2D eigenvalue weighted by molar-refractivity contribution is -0.199. The maximum Gasteiger partial charge on any atom is 0.223 e. The van der Waals surface area contributed by atoms with Crippen molar-refractivity contribution in [2.24, 2.45) is 0 Å². The van der Waals surface area contributed by atoms with Crippen molar-refractivity contribution in [1.82, 2.24) is 15.5 Å². The Morgan fingerprint density at radius 2 is 1.19 bits per heavy atom. The van der Waals surface area contributed by atoms with Crippen LogP contribution in [0.4, 0.5) is 0 Å². The van der Waals surface area contributed by atoms with Gasteiger partial charge in [0, 0.05) is 12.8 Å². The summed E-state index contributed by atoms with van der Waals surface area (Å²) in [6.07, 6.45) is 0.320. The quantitative estimate of drug-likeness (QED) is 0.274. The van der Waals surface area contributed by atoms with Gasteiger partial charge >= 0.3 is 0 Å². The van der Waals surface area contributed by atoms with E-state index in [-0.39, 0.29) is 26.2 Å². The third-order valence-corrected chi connectivity index (χ3v) is 2.25. The first-order chi connectivity index (χ1) is 7.22. The first kappa shape index (κ1) is 15.7. The Morgan fingerprint density at radius 1 is 0.875 bits per heavy atom. The van der Waals surface area contributed by atoms with Crippen LogP contribution < -0.4 is 10.6 Å². The zero-order valence-electron chi connectivity index (χ0n) is 10.1. The lowest BCUT2D eigenvalue weighted by atomic mass is 10.3. The van der Waals surface area contributed by atoms with E-state index < -0.39 is 11.8 Å². The van der Waals surface area contributed by atoms with Crippen molar-refractivity contribution in [3.05, 3.63) is 0 Å². The lowest BCUT2D eigenvalue weighted by Crippen LogP contribution is -2.53. The van der Waals surface area contributed by atoms with Crippen LogP contribution >= 0.6 is 0 Å². The van der Waals surface area contributed by atoms with Crippen molar-refractivity contribution >= 4 is 0 Å². The molecule has 0 aliphatic rings. The van der Waals surface area contributed by atoms with E-state index in [4.69, 9.17) is 0 Å². The molecule has 0 aliphatic heterocycles. The van der Waals surface area contributed by atoms with E-state index in [2.05, 4.69) is 10.6 Å². The third kappa shape index (κ3) is 7.07. The largest absolute Gasteiger partial charge is 0.353 e. The van der Waals surface area contributed by atoms with E-state index in [0.29, 0.717) is 0 Å². The molecule has 0 fully saturated rings. The van der Waals surface area contributed by atoms with E-state index in [9.17, 15) is 20.4 Å². The predicted octanol–water partition coefficient (Wildman–Crippen LogP) is -1.89. The fourth-order valence-corrected chi connectivity index (χ4v) is 0.829. The molecule has 0 unspecified atom stereocenters. The molecular weight excluding hydrogens is 214 g/mol. The van der Waals surface area contributed by atoms with Crippen molar-refractivity contribution in [2.75, 3.05) is 20.4 Å². The van der Waals surface area contributed by atoms with Gasteiger partial charge in [-0.1, -0.05) is 13.8 Å². The SMILES string of the molecule is CCC(O)(O)NCN(C)CNC(O)(O)CC. The third-order valence-electron chi connectivity index (χ3n) is 2.25. The van der Waals surface area contributed by atoms with E-state index in [1.165, 1.54) is 0 Å². The van der Waals surface area contributed by atoms with Crippen molar-refractivity contribution in [3.8, 4) is 0 Å². The first-order valence-corrected chi connectivity index (χ1v) is 5.30. The molecular formula is C9H23N3O4. The molecule has 0 bridgehead atoms. The van der Waals surface area contributed by atoms with Crippen LogP contribution in [0.3, 0.4) is 0 Å². The minimum absolute atomic E-state index is 0.160. The topological polar surface area (TPSA) is 108 Å². The molecule has 0 saturated heterocycles. The summed E-state index contributed by atoms with van der Waals surface area (Å²) in [5.41, 5.74) is 0. The molecule has 16 heavy (non-hydrogen) atoms. The second kappa shape index (κ2) is 6.45. The molecule has 0 aliphatic carbocycles. The van der Waals surface area contributed by atoms with Crippen molar-refractivity contribution in [3.63, 3.8) is 0 Å². The fraction of sp³-hybridized carbons (Fsp3) is 1.00. The number of rotatable bonds is 8. The van der Waals surface area contributed by atoms with Crippen LogP contribution in [0.1, 0.15) is 26.7 Å². The maximum absolute atomic E-state index is 9.24. The highest BCUT2D eigenvalue weighted by molar-refractivity contribution is 4.61. The second-order valence-electron chi connectivity index (χ2n) is 3.87. The summed E-state index contributed by atoms with van der Waals surface area (Å²) in [5, 5.41) is 42.0. The van der Waals surface area contributed by atoms with Gasteiger partial charge in [-0.3, -0.25) is 15.5 Å². The molecule has 0 saturated carbocycles. The lowest BCUT2D eigenvalue weighted by Gasteiger charge is -2.28. The van der Waals surface area contributed by atoms with Gasteiger partial charge in [-0.15, -0.1) is 0 Å². The zero-order valence-corrected chi connectivity index (χ0v) is 10.1. The smallest absolute Gasteiger partial charge is 0.223 e. The number of hydrogen-bond acceptors (Lipinski definition) is 7. The Hall–Kier alpha value is -0.280. The summed E-state index contributed by atoms with van der Waals surface area (Å²) < 4.78 is 0. The predicted molar refractivity (Wildman–Crippen MR) is 58.7 cm³/mol. The summed E-state index contributed by atoms with van der Waals surface area (Å²) in [6.45, 7) is 3.67. The summed E-state index contributed by atoms with van der Waals surface area (Å²) >= 11 is 0. The van der Waals surface area contributed by atoms with E-state index in [1.807, 2.05) is 0 Å². The molecule has 7 nitrogen and oxygen atoms in total. The van der Waals surface area contributed by atoms with E-state index >= 15 is 0 Å². The second-order valence-corrected chi connectivity index (χ2v) is 3.87. The van der Waals surface area contributed by atoms with Gasteiger partial charge in [-0.2, -0.15) is 0 Å². The monoisotopic (exact) mass is 237 g/mol. The molecule has 0 heterocycles. The van der Waals surface area contributed by atoms with Gasteiger partial charge in [0.1, 0.15) is 0 Å². The molecule has 0 aromatic carbocycles. The fourth-order valence-electron chi connectivity index (χ4n) is 0.829. The Kier molecular flexibility index (Phi) is 6.34. The van der Waals surface area contributed by atoms with Crippen LogP contribution in [0.15, 0.2) is 0 Å². The standard InChI is InChI=1S/C9H23N3O4/c1-4-8(13,14)10-6-12(3)7-11-9(15,16)5-2/h10-11,13-16H,4-7H2,1-3H3. The minimum atomic E-state index is -1.89.